The summed E-state index contributed by atoms with van der Waals surface area (Å²) < 4.78 is 19.1. The van der Waals surface area contributed by atoms with Crippen molar-refractivity contribution < 1.29 is 14.2 Å². The molecule has 1 aliphatic carbocycles. The van der Waals surface area contributed by atoms with Crippen LogP contribution in [-0.2, 0) is 13.0 Å². The molecule has 0 spiro atoms. The summed E-state index contributed by atoms with van der Waals surface area (Å²) in [5.74, 6) is 0.271. The maximum Gasteiger partial charge on any atom is 0.124 e. The van der Waals surface area contributed by atoms with E-state index in [-0.39, 0.29) is 12.2 Å². The molecule has 0 bridgehead atoms. The van der Waals surface area contributed by atoms with Gasteiger partial charge in [0.2, 0.25) is 0 Å². The van der Waals surface area contributed by atoms with E-state index in [1.807, 2.05) is 24.3 Å². The standard InChI is InChI=1S/C17H14FNO2/c18-13-7-11(9-19)6-12(8-13)10-21-17-3-1-2-14-15(17)4-5-16(14)20/h1-3,6-8,16,20H,4-5,10H2. The van der Waals surface area contributed by atoms with Gasteiger partial charge in [-0.05, 0) is 48.2 Å². The lowest BCUT2D eigenvalue weighted by Gasteiger charge is -2.11. The van der Waals surface area contributed by atoms with E-state index in [2.05, 4.69) is 0 Å². The van der Waals surface area contributed by atoms with Gasteiger partial charge in [0.25, 0.3) is 0 Å². The number of fused-ring (bicyclic) bond motifs is 1. The zero-order valence-corrected chi connectivity index (χ0v) is 11.3. The normalized spacial score (nSPS) is 16.3. The highest BCUT2D eigenvalue weighted by molar-refractivity contribution is 5.44. The Morgan fingerprint density at radius 3 is 3.00 bits per heavy atom. The molecule has 0 amide bonds. The van der Waals surface area contributed by atoms with Gasteiger partial charge in [-0.2, -0.15) is 5.26 Å². The van der Waals surface area contributed by atoms with Crippen molar-refractivity contribution in [3.05, 3.63) is 64.5 Å². The molecule has 0 aliphatic heterocycles. The zero-order chi connectivity index (χ0) is 14.8. The molecule has 0 saturated heterocycles. The van der Waals surface area contributed by atoms with Crippen LogP contribution in [0, 0.1) is 17.1 Å². The molecule has 1 N–H and O–H groups in total. The molecule has 2 aromatic rings. The molecule has 1 aliphatic rings. The van der Waals surface area contributed by atoms with Crippen LogP contribution in [0.3, 0.4) is 0 Å². The number of aliphatic hydroxyl groups is 1. The van der Waals surface area contributed by atoms with E-state index in [0.717, 1.165) is 17.5 Å². The van der Waals surface area contributed by atoms with Crippen LogP contribution >= 0.6 is 0 Å². The maximum absolute atomic E-state index is 13.4. The topological polar surface area (TPSA) is 53.2 Å². The van der Waals surface area contributed by atoms with Gasteiger partial charge in [0.15, 0.2) is 0 Å². The first-order chi connectivity index (χ1) is 10.2. The molecule has 0 radical (unpaired) electrons. The Morgan fingerprint density at radius 2 is 2.19 bits per heavy atom. The molecule has 1 unspecified atom stereocenters. The number of aliphatic hydroxyl groups excluding tert-OH is 1. The molecule has 0 aromatic heterocycles. The molecular weight excluding hydrogens is 269 g/mol. The van der Waals surface area contributed by atoms with Gasteiger partial charge in [0, 0.05) is 5.56 Å². The van der Waals surface area contributed by atoms with Crippen LogP contribution in [0.25, 0.3) is 0 Å². The predicted octanol–water partition coefficient (Wildman–Crippen LogP) is 3.26. The van der Waals surface area contributed by atoms with Crippen molar-refractivity contribution in [2.45, 2.75) is 25.6 Å². The fourth-order valence-corrected chi connectivity index (χ4v) is 2.69. The Kier molecular flexibility index (Phi) is 3.59. The molecule has 21 heavy (non-hydrogen) atoms. The molecule has 0 heterocycles. The number of rotatable bonds is 3. The van der Waals surface area contributed by atoms with Crippen molar-refractivity contribution in [1.82, 2.24) is 0 Å². The van der Waals surface area contributed by atoms with E-state index in [9.17, 15) is 9.50 Å². The molecule has 0 saturated carbocycles. The lowest BCUT2D eigenvalue weighted by molar-refractivity contribution is 0.180. The highest BCUT2D eigenvalue weighted by Gasteiger charge is 2.23. The molecule has 3 rings (SSSR count). The molecule has 106 valence electrons. The van der Waals surface area contributed by atoms with Crippen LogP contribution in [-0.4, -0.2) is 5.11 Å². The van der Waals surface area contributed by atoms with Gasteiger partial charge in [-0.3, -0.25) is 0 Å². The fourth-order valence-electron chi connectivity index (χ4n) is 2.69. The Morgan fingerprint density at radius 1 is 1.33 bits per heavy atom. The maximum atomic E-state index is 13.4. The van der Waals surface area contributed by atoms with Gasteiger partial charge in [-0.15, -0.1) is 0 Å². The van der Waals surface area contributed by atoms with E-state index in [4.69, 9.17) is 10.00 Å². The number of benzene rings is 2. The van der Waals surface area contributed by atoms with Gasteiger partial charge < -0.3 is 9.84 Å². The predicted molar refractivity (Wildman–Crippen MR) is 75.2 cm³/mol. The number of halogens is 1. The number of hydrogen-bond acceptors (Lipinski definition) is 3. The number of nitrogens with zero attached hydrogens (tertiary/aromatic N) is 1. The fraction of sp³-hybridized carbons (Fsp3) is 0.235. The first kappa shape index (κ1) is 13.6. The summed E-state index contributed by atoms with van der Waals surface area (Å²) in [5.41, 5.74) is 2.82. The van der Waals surface area contributed by atoms with Crippen molar-refractivity contribution >= 4 is 0 Å². The van der Waals surface area contributed by atoms with Gasteiger partial charge in [-0.1, -0.05) is 12.1 Å². The van der Waals surface area contributed by atoms with Crippen molar-refractivity contribution in [2.24, 2.45) is 0 Å². The monoisotopic (exact) mass is 283 g/mol. The Labute approximate surface area is 122 Å². The van der Waals surface area contributed by atoms with E-state index in [1.54, 1.807) is 6.07 Å². The quantitative estimate of drug-likeness (QED) is 0.940. The lowest BCUT2D eigenvalue weighted by Crippen LogP contribution is -2.00. The summed E-state index contributed by atoms with van der Waals surface area (Å²) in [6.07, 6.45) is 1.05. The third kappa shape index (κ3) is 2.74. The second-order valence-electron chi connectivity index (χ2n) is 5.13. The van der Waals surface area contributed by atoms with Crippen LogP contribution in [0.1, 0.15) is 34.8 Å². The third-order valence-electron chi connectivity index (χ3n) is 3.68. The third-order valence-corrected chi connectivity index (χ3v) is 3.68. The van der Waals surface area contributed by atoms with E-state index in [1.165, 1.54) is 12.1 Å². The Bertz CT molecular complexity index is 721. The highest BCUT2D eigenvalue weighted by Crippen LogP contribution is 2.36. The van der Waals surface area contributed by atoms with Crippen LogP contribution in [0.4, 0.5) is 4.39 Å². The van der Waals surface area contributed by atoms with Crippen LogP contribution < -0.4 is 4.74 Å². The molecule has 0 fully saturated rings. The van der Waals surface area contributed by atoms with Crippen LogP contribution in [0.5, 0.6) is 5.75 Å². The van der Waals surface area contributed by atoms with Crippen molar-refractivity contribution in [1.29, 1.82) is 5.26 Å². The number of ether oxygens (including phenoxy) is 1. The number of nitriles is 1. The summed E-state index contributed by atoms with van der Waals surface area (Å²) in [4.78, 5) is 0. The molecular formula is C17H14FNO2. The lowest BCUT2D eigenvalue weighted by atomic mass is 10.1. The van der Waals surface area contributed by atoms with Crippen molar-refractivity contribution in [2.75, 3.05) is 0 Å². The summed E-state index contributed by atoms with van der Waals surface area (Å²) in [7, 11) is 0. The number of hydrogen-bond donors (Lipinski definition) is 1. The second kappa shape index (κ2) is 5.55. The van der Waals surface area contributed by atoms with E-state index >= 15 is 0 Å². The summed E-state index contributed by atoms with van der Waals surface area (Å²) in [6, 6.07) is 11.7. The average molecular weight is 283 g/mol. The van der Waals surface area contributed by atoms with E-state index in [0.29, 0.717) is 17.7 Å². The van der Waals surface area contributed by atoms with Gasteiger partial charge in [0.1, 0.15) is 18.2 Å². The molecule has 1 atom stereocenters. The van der Waals surface area contributed by atoms with Crippen molar-refractivity contribution in [3.63, 3.8) is 0 Å². The summed E-state index contributed by atoms with van der Waals surface area (Å²) in [6.45, 7) is 0.193. The average Bonchev–Trinajstić information content (AvgIpc) is 2.87. The SMILES string of the molecule is N#Cc1cc(F)cc(COc2cccc3c2CCC3O)c1. The molecule has 2 aromatic carbocycles. The second-order valence-corrected chi connectivity index (χ2v) is 5.13. The Hall–Kier alpha value is -2.38. The van der Waals surface area contributed by atoms with Crippen LogP contribution in [0.15, 0.2) is 36.4 Å². The van der Waals surface area contributed by atoms with Crippen molar-refractivity contribution in [3.8, 4) is 11.8 Å². The van der Waals surface area contributed by atoms with Gasteiger partial charge in [0.05, 0.1) is 17.7 Å². The smallest absolute Gasteiger partial charge is 0.124 e. The van der Waals surface area contributed by atoms with Gasteiger partial charge in [-0.25, -0.2) is 4.39 Å². The highest BCUT2D eigenvalue weighted by atomic mass is 19.1. The van der Waals surface area contributed by atoms with Gasteiger partial charge >= 0.3 is 0 Å². The van der Waals surface area contributed by atoms with E-state index < -0.39 is 11.9 Å². The first-order valence-corrected chi connectivity index (χ1v) is 6.79. The minimum Gasteiger partial charge on any atom is -0.489 e. The summed E-state index contributed by atoms with van der Waals surface area (Å²) >= 11 is 0. The first-order valence-electron chi connectivity index (χ1n) is 6.79. The molecule has 4 heteroatoms. The molecule has 3 nitrogen and oxygen atoms in total. The largest absolute Gasteiger partial charge is 0.489 e. The minimum absolute atomic E-state index is 0.193. The minimum atomic E-state index is -0.443. The zero-order valence-electron chi connectivity index (χ0n) is 11.3. The Balaban J connectivity index is 1.80. The van der Waals surface area contributed by atoms with Crippen LogP contribution in [0.2, 0.25) is 0 Å². The summed E-state index contributed by atoms with van der Waals surface area (Å²) in [5, 5.41) is 18.7.